The van der Waals surface area contributed by atoms with E-state index in [9.17, 15) is 0 Å². The standard InChI is InChI=1S/C5H13ClNO2PS/c1-8-5-3-4-7-10(6,11)9-2/h3-5H2,1-2H3,(H,7,11). The van der Waals surface area contributed by atoms with Crippen LogP contribution in [0.3, 0.4) is 0 Å². The van der Waals surface area contributed by atoms with Crippen LogP contribution in [-0.4, -0.2) is 27.4 Å². The molecule has 68 valence electrons. The fraction of sp³-hybridized carbons (Fsp3) is 1.00. The van der Waals surface area contributed by atoms with Crippen LogP contribution in [0.4, 0.5) is 0 Å². The van der Waals surface area contributed by atoms with Crippen molar-refractivity contribution in [3.63, 3.8) is 0 Å². The van der Waals surface area contributed by atoms with Gasteiger partial charge in [0.05, 0.1) is 0 Å². The minimum absolute atomic E-state index is 0.711. The molecule has 3 nitrogen and oxygen atoms in total. The summed E-state index contributed by atoms with van der Waals surface area (Å²) in [5, 5.41) is 2.93. The Morgan fingerprint density at radius 3 is 2.64 bits per heavy atom. The Balaban J connectivity index is 3.31. The van der Waals surface area contributed by atoms with Gasteiger partial charge >= 0.3 is 0 Å². The summed E-state index contributed by atoms with van der Waals surface area (Å²) in [5.41, 5.74) is 0. The lowest BCUT2D eigenvalue weighted by Gasteiger charge is -2.12. The Bertz CT molecular complexity index is 146. The van der Waals surface area contributed by atoms with Gasteiger partial charge in [0.2, 0.25) is 5.77 Å². The molecular formula is C5H13ClNO2PS. The van der Waals surface area contributed by atoms with Gasteiger partial charge in [0.1, 0.15) is 0 Å². The summed E-state index contributed by atoms with van der Waals surface area (Å²) in [5.74, 6) is -2.21. The number of halogens is 1. The molecule has 0 aliphatic heterocycles. The van der Waals surface area contributed by atoms with Crippen molar-refractivity contribution < 1.29 is 9.26 Å². The van der Waals surface area contributed by atoms with Gasteiger partial charge in [0.15, 0.2) is 0 Å². The van der Waals surface area contributed by atoms with Gasteiger partial charge < -0.3 is 9.26 Å². The van der Waals surface area contributed by atoms with Crippen molar-refractivity contribution >= 4 is 28.8 Å². The summed E-state index contributed by atoms with van der Waals surface area (Å²) in [6.45, 7) is 1.45. The number of hydrogen-bond acceptors (Lipinski definition) is 3. The van der Waals surface area contributed by atoms with Crippen LogP contribution in [0, 0.1) is 0 Å². The fourth-order valence-corrected chi connectivity index (χ4v) is 1.58. The van der Waals surface area contributed by atoms with E-state index in [1.807, 2.05) is 0 Å². The minimum Gasteiger partial charge on any atom is -0.385 e. The van der Waals surface area contributed by atoms with E-state index in [1.165, 1.54) is 7.11 Å². The highest BCUT2D eigenvalue weighted by atomic mass is 35.7. The second-order valence-electron chi connectivity index (χ2n) is 1.92. The van der Waals surface area contributed by atoms with Crippen molar-refractivity contribution in [3.05, 3.63) is 0 Å². The van der Waals surface area contributed by atoms with Crippen LogP contribution in [0.1, 0.15) is 6.42 Å². The second kappa shape index (κ2) is 6.35. The Hall–Kier alpha value is 0.820. The van der Waals surface area contributed by atoms with Crippen molar-refractivity contribution in [2.75, 3.05) is 27.4 Å². The molecule has 0 aromatic carbocycles. The molecule has 0 aliphatic rings. The summed E-state index contributed by atoms with van der Waals surface area (Å²) in [4.78, 5) is 0. The zero-order valence-electron chi connectivity index (χ0n) is 6.67. The molecular weight excluding hydrogens is 205 g/mol. The average molecular weight is 218 g/mol. The molecule has 0 saturated carbocycles. The molecule has 0 bridgehead atoms. The second-order valence-corrected chi connectivity index (χ2v) is 7.13. The lowest BCUT2D eigenvalue weighted by Crippen LogP contribution is -2.11. The first-order chi connectivity index (χ1) is 5.12. The molecule has 11 heavy (non-hydrogen) atoms. The summed E-state index contributed by atoms with van der Waals surface area (Å²) >= 11 is 10.6. The van der Waals surface area contributed by atoms with Crippen LogP contribution in [0.2, 0.25) is 0 Å². The Labute approximate surface area is 77.3 Å². The summed E-state index contributed by atoms with van der Waals surface area (Å²) in [7, 11) is 3.17. The smallest absolute Gasteiger partial charge is 0.218 e. The number of ether oxygens (including phenoxy) is 1. The summed E-state index contributed by atoms with van der Waals surface area (Å²) in [6, 6.07) is 0. The van der Waals surface area contributed by atoms with Crippen molar-refractivity contribution in [1.82, 2.24) is 5.09 Å². The van der Waals surface area contributed by atoms with E-state index in [1.54, 1.807) is 7.11 Å². The predicted octanol–water partition coefficient (Wildman–Crippen LogP) is 1.72. The lowest BCUT2D eigenvalue weighted by molar-refractivity contribution is 0.196. The molecule has 0 amide bonds. The molecule has 0 rings (SSSR count). The molecule has 0 heterocycles. The van der Waals surface area contributed by atoms with E-state index < -0.39 is 5.77 Å². The molecule has 0 aliphatic carbocycles. The van der Waals surface area contributed by atoms with Crippen LogP contribution in [-0.2, 0) is 21.1 Å². The van der Waals surface area contributed by atoms with E-state index in [2.05, 4.69) is 5.09 Å². The average Bonchev–Trinajstić information content (AvgIpc) is 1.99. The molecule has 0 aromatic rings. The minimum atomic E-state index is -2.21. The first-order valence-corrected chi connectivity index (χ1v) is 6.84. The van der Waals surface area contributed by atoms with Gasteiger partial charge in [-0.3, -0.25) is 5.09 Å². The molecule has 0 spiro atoms. The van der Waals surface area contributed by atoms with E-state index in [0.717, 1.165) is 13.0 Å². The van der Waals surface area contributed by atoms with Crippen LogP contribution in [0.5, 0.6) is 0 Å². The van der Waals surface area contributed by atoms with Crippen LogP contribution in [0.15, 0.2) is 0 Å². The molecule has 1 atom stereocenters. The first kappa shape index (κ1) is 11.8. The van der Waals surface area contributed by atoms with Gasteiger partial charge in [-0.25, -0.2) is 0 Å². The molecule has 0 aromatic heterocycles. The predicted molar refractivity (Wildman–Crippen MR) is 51.6 cm³/mol. The molecule has 0 fully saturated rings. The fourth-order valence-electron chi connectivity index (χ4n) is 0.494. The Morgan fingerprint density at radius 1 is 1.55 bits per heavy atom. The van der Waals surface area contributed by atoms with Crippen LogP contribution in [0.25, 0.3) is 0 Å². The zero-order chi connectivity index (χ0) is 8.74. The van der Waals surface area contributed by atoms with Gasteiger partial charge in [-0.15, -0.1) is 0 Å². The number of nitrogens with one attached hydrogen (secondary N) is 1. The highest BCUT2D eigenvalue weighted by molar-refractivity contribution is 8.23. The molecule has 1 unspecified atom stereocenters. The van der Waals surface area contributed by atoms with Crippen molar-refractivity contribution in [2.45, 2.75) is 6.42 Å². The third kappa shape index (κ3) is 7.19. The topological polar surface area (TPSA) is 30.5 Å². The number of methoxy groups -OCH3 is 1. The maximum absolute atomic E-state index is 5.75. The number of rotatable bonds is 6. The van der Waals surface area contributed by atoms with Gasteiger partial charge in [-0.2, -0.15) is 0 Å². The van der Waals surface area contributed by atoms with Crippen LogP contribution >= 0.6 is 17.0 Å². The van der Waals surface area contributed by atoms with Gasteiger partial charge in [0, 0.05) is 27.4 Å². The highest BCUT2D eigenvalue weighted by Gasteiger charge is 2.08. The van der Waals surface area contributed by atoms with Crippen molar-refractivity contribution in [3.8, 4) is 0 Å². The first-order valence-electron chi connectivity index (χ1n) is 3.22. The van der Waals surface area contributed by atoms with Crippen molar-refractivity contribution in [2.24, 2.45) is 0 Å². The third-order valence-electron chi connectivity index (χ3n) is 1.06. The summed E-state index contributed by atoms with van der Waals surface area (Å²) in [6.07, 6.45) is 0.894. The van der Waals surface area contributed by atoms with E-state index in [4.69, 9.17) is 32.3 Å². The zero-order valence-corrected chi connectivity index (χ0v) is 9.14. The summed E-state index contributed by atoms with van der Waals surface area (Å²) < 4.78 is 9.70. The van der Waals surface area contributed by atoms with E-state index in [0.29, 0.717) is 6.61 Å². The maximum atomic E-state index is 5.75. The highest BCUT2D eigenvalue weighted by Crippen LogP contribution is 2.46. The Kier molecular flexibility index (Phi) is 6.82. The van der Waals surface area contributed by atoms with Gasteiger partial charge in [-0.1, -0.05) is 0 Å². The molecule has 6 heteroatoms. The van der Waals surface area contributed by atoms with Crippen molar-refractivity contribution in [1.29, 1.82) is 0 Å². The normalized spacial score (nSPS) is 16.3. The molecule has 0 saturated heterocycles. The van der Waals surface area contributed by atoms with Crippen LogP contribution < -0.4 is 5.09 Å². The van der Waals surface area contributed by atoms with Gasteiger partial charge in [-0.05, 0) is 29.5 Å². The number of hydrogen-bond donors (Lipinski definition) is 1. The third-order valence-corrected chi connectivity index (χ3v) is 3.74. The Morgan fingerprint density at radius 2 is 2.18 bits per heavy atom. The largest absolute Gasteiger partial charge is 0.385 e. The van der Waals surface area contributed by atoms with Gasteiger partial charge in [0.25, 0.3) is 0 Å². The quantitative estimate of drug-likeness (QED) is 0.542. The molecule has 1 N–H and O–H groups in total. The SMILES string of the molecule is COCCCNP(=S)(Cl)OC. The lowest BCUT2D eigenvalue weighted by atomic mass is 10.5. The van der Waals surface area contributed by atoms with E-state index in [-0.39, 0.29) is 0 Å². The van der Waals surface area contributed by atoms with E-state index >= 15 is 0 Å². The monoisotopic (exact) mass is 217 g/mol. The molecule has 0 radical (unpaired) electrons. The maximum Gasteiger partial charge on any atom is 0.218 e.